The standard InChI is InChI=1S/C25H25N5O2/c1-29-23(15-21(27-29)17-9-3-2-4-10-17)24(31)26-16-22-19-13-7-8-14-20(19)25(32)30(28-22)18-11-5-6-12-18/h2-4,7-10,13-15,18H,5-6,11-12,16H2,1H3,(H,26,31). The minimum Gasteiger partial charge on any atom is -0.345 e. The summed E-state index contributed by atoms with van der Waals surface area (Å²) in [6, 6.07) is 19.2. The highest BCUT2D eigenvalue weighted by Gasteiger charge is 2.22. The first-order chi connectivity index (χ1) is 15.6. The Morgan fingerprint density at radius 3 is 2.44 bits per heavy atom. The topological polar surface area (TPSA) is 81.8 Å². The second-order valence-corrected chi connectivity index (χ2v) is 8.27. The summed E-state index contributed by atoms with van der Waals surface area (Å²) in [5.74, 6) is -0.230. The van der Waals surface area contributed by atoms with Gasteiger partial charge in [0.05, 0.1) is 29.4 Å². The first kappa shape index (κ1) is 20.2. The summed E-state index contributed by atoms with van der Waals surface area (Å²) in [7, 11) is 1.76. The normalized spacial score (nSPS) is 14.2. The fourth-order valence-corrected chi connectivity index (χ4v) is 4.49. The van der Waals surface area contributed by atoms with Crippen molar-refractivity contribution in [3.05, 3.63) is 82.4 Å². The van der Waals surface area contributed by atoms with Crippen LogP contribution in [0.2, 0.25) is 0 Å². The van der Waals surface area contributed by atoms with Crippen molar-refractivity contribution in [3.63, 3.8) is 0 Å². The van der Waals surface area contributed by atoms with Crippen LogP contribution in [0.5, 0.6) is 0 Å². The monoisotopic (exact) mass is 427 g/mol. The molecule has 1 aliphatic rings. The van der Waals surface area contributed by atoms with E-state index in [1.54, 1.807) is 22.5 Å². The average Bonchev–Trinajstić information content (AvgIpc) is 3.49. The maximum Gasteiger partial charge on any atom is 0.274 e. The Balaban J connectivity index is 1.43. The molecule has 2 heterocycles. The predicted octanol–water partition coefficient (Wildman–Crippen LogP) is 3.84. The van der Waals surface area contributed by atoms with Gasteiger partial charge in [0.25, 0.3) is 11.5 Å². The van der Waals surface area contributed by atoms with Crippen LogP contribution in [0.4, 0.5) is 0 Å². The van der Waals surface area contributed by atoms with E-state index in [2.05, 4.69) is 10.4 Å². The highest BCUT2D eigenvalue weighted by molar-refractivity contribution is 5.94. The predicted molar refractivity (Wildman–Crippen MR) is 123 cm³/mol. The van der Waals surface area contributed by atoms with Crippen LogP contribution in [0.25, 0.3) is 22.0 Å². The second-order valence-electron chi connectivity index (χ2n) is 8.27. The van der Waals surface area contributed by atoms with Gasteiger partial charge in [0.1, 0.15) is 5.69 Å². The zero-order valence-electron chi connectivity index (χ0n) is 18.0. The average molecular weight is 428 g/mol. The molecule has 2 aromatic heterocycles. The first-order valence-corrected chi connectivity index (χ1v) is 11.0. The number of amides is 1. The van der Waals surface area contributed by atoms with Gasteiger partial charge in [-0.25, -0.2) is 4.68 Å². The van der Waals surface area contributed by atoms with Gasteiger partial charge in [-0.15, -0.1) is 0 Å². The van der Waals surface area contributed by atoms with Gasteiger partial charge in [-0.05, 0) is 25.0 Å². The van der Waals surface area contributed by atoms with E-state index in [-0.39, 0.29) is 24.1 Å². The van der Waals surface area contributed by atoms with Gasteiger partial charge in [0, 0.05) is 18.0 Å². The maximum atomic E-state index is 13.0. The van der Waals surface area contributed by atoms with E-state index >= 15 is 0 Å². The fraction of sp³-hybridized carbons (Fsp3) is 0.280. The minimum absolute atomic E-state index is 0.0540. The third-order valence-corrected chi connectivity index (χ3v) is 6.17. The number of hydrogen-bond acceptors (Lipinski definition) is 4. The second kappa shape index (κ2) is 8.42. The Kier molecular flexibility index (Phi) is 5.31. The van der Waals surface area contributed by atoms with Crippen molar-refractivity contribution < 1.29 is 4.79 Å². The molecule has 1 fully saturated rings. The van der Waals surface area contributed by atoms with Crippen molar-refractivity contribution in [2.45, 2.75) is 38.3 Å². The lowest BCUT2D eigenvalue weighted by Gasteiger charge is -2.16. The third kappa shape index (κ3) is 3.70. The number of rotatable bonds is 5. The summed E-state index contributed by atoms with van der Waals surface area (Å²) in [5.41, 5.74) is 2.82. The molecule has 7 heteroatoms. The van der Waals surface area contributed by atoms with Crippen LogP contribution < -0.4 is 10.9 Å². The zero-order chi connectivity index (χ0) is 22.1. The van der Waals surface area contributed by atoms with Crippen molar-refractivity contribution in [1.82, 2.24) is 24.9 Å². The highest BCUT2D eigenvalue weighted by Crippen LogP contribution is 2.28. The van der Waals surface area contributed by atoms with Crippen LogP contribution in [-0.2, 0) is 13.6 Å². The summed E-state index contributed by atoms with van der Waals surface area (Å²) < 4.78 is 3.22. The molecule has 4 aromatic rings. The van der Waals surface area contributed by atoms with Crippen molar-refractivity contribution in [2.24, 2.45) is 7.05 Å². The van der Waals surface area contributed by atoms with E-state index in [9.17, 15) is 9.59 Å². The highest BCUT2D eigenvalue weighted by atomic mass is 16.2. The van der Waals surface area contributed by atoms with Gasteiger partial charge < -0.3 is 5.32 Å². The van der Waals surface area contributed by atoms with Crippen LogP contribution in [0.3, 0.4) is 0 Å². The van der Waals surface area contributed by atoms with Crippen molar-refractivity contribution in [2.75, 3.05) is 0 Å². The Bertz CT molecular complexity index is 1330. The van der Waals surface area contributed by atoms with E-state index in [1.807, 2.05) is 54.6 Å². The van der Waals surface area contributed by atoms with Crippen LogP contribution in [0, 0.1) is 0 Å². The van der Waals surface area contributed by atoms with E-state index in [4.69, 9.17) is 5.10 Å². The van der Waals surface area contributed by atoms with Gasteiger partial charge in [-0.3, -0.25) is 14.3 Å². The van der Waals surface area contributed by atoms with E-state index in [0.717, 1.165) is 42.3 Å². The molecule has 0 atom stereocenters. The number of carbonyl (C=O) groups excluding carboxylic acids is 1. The molecule has 1 saturated carbocycles. The number of benzene rings is 2. The number of aryl methyl sites for hydroxylation is 1. The molecule has 1 aliphatic carbocycles. The smallest absolute Gasteiger partial charge is 0.274 e. The summed E-state index contributed by atoms with van der Waals surface area (Å²) in [6.07, 6.45) is 4.16. The van der Waals surface area contributed by atoms with Gasteiger partial charge in [-0.2, -0.15) is 10.2 Å². The molecule has 1 N–H and O–H groups in total. The Hall–Kier alpha value is -3.74. The van der Waals surface area contributed by atoms with Gasteiger partial charge in [-0.1, -0.05) is 61.4 Å². The fourth-order valence-electron chi connectivity index (χ4n) is 4.49. The van der Waals surface area contributed by atoms with Crippen molar-refractivity contribution in [3.8, 4) is 11.3 Å². The molecular weight excluding hydrogens is 402 g/mol. The molecule has 162 valence electrons. The van der Waals surface area contributed by atoms with Gasteiger partial charge in [0.15, 0.2) is 0 Å². The number of hydrogen-bond donors (Lipinski definition) is 1. The van der Waals surface area contributed by atoms with Crippen molar-refractivity contribution in [1.29, 1.82) is 0 Å². The molecule has 2 aromatic carbocycles. The number of nitrogens with zero attached hydrogens (tertiary/aromatic N) is 4. The molecule has 32 heavy (non-hydrogen) atoms. The summed E-state index contributed by atoms with van der Waals surface area (Å²) in [5, 5.41) is 13.6. The lowest BCUT2D eigenvalue weighted by Crippen LogP contribution is -2.30. The number of fused-ring (bicyclic) bond motifs is 1. The molecule has 0 radical (unpaired) electrons. The summed E-state index contributed by atoms with van der Waals surface area (Å²) in [4.78, 5) is 26.0. The summed E-state index contributed by atoms with van der Waals surface area (Å²) in [6.45, 7) is 0.234. The zero-order valence-corrected chi connectivity index (χ0v) is 18.0. The number of carbonyl (C=O) groups is 1. The largest absolute Gasteiger partial charge is 0.345 e. The van der Waals surface area contributed by atoms with E-state index in [0.29, 0.717) is 16.8 Å². The van der Waals surface area contributed by atoms with Crippen LogP contribution in [-0.4, -0.2) is 25.5 Å². The molecule has 0 bridgehead atoms. The quantitative estimate of drug-likeness (QED) is 0.525. The molecule has 7 nitrogen and oxygen atoms in total. The first-order valence-electron chi connectivity index (χ1n) is 11.0. The number of nitrogens with one attached hydrogen (secondary N) is 1. The maximum absolute atomic E-state index is 13.0. The SMILES string of the molecule is Cn1nc(-c2ccccc2)cc1C(=O)NCc1nn(C2CCCC2)c(=O)c2ccccc12. The van der Waals surface area contributed by atoms with Gasteiger partial charge in [0.2, 0.25) is 0 Å². The van der Waals surface area contributed by atoms with E-state index < -0.39 is 0 Å². The number of aromatic nitrogens is 4. The lowest BCUT2D eigenvalue weighted by molar-refractivity contribution is 0.0941. The third-order valence-electron chi connectivity index (χ3n) is 6.17. The van der Waals surface area contributed by atoms with E-state index in [1.165, 1.54) is 0 Å². The van der Waals surface area contributed by atoms with Crippen LogP contribution >= 0.6 is 0 Å². The Morgan fingerprint density at radius 1 is 1.00 bits per heavy atom. The van der Waals surface area contributed by atoms with Crippen molar-refractivity contribution >= 4 is 16.7 Å². The Morgan fingerprint density at radius 2 is 1.69 bits per heavy atom. The molecule has 0 aliphatic heterocycles. The lowest BCUT2D eigenvalue weighted by atomic mass is 10.1. The molecule has 0 spiro atoms. The Labute approximate surface area is 185 Å². The summed E-state index contributed by atoms with van der Waals surface area (Å²) >= 11 is 0. The molecule has 5 rings (SSSR count). The molecular formula is C25H25N5O2. The van der Waals surface area contributed by atoms with Gasteiger partial charge >= 0.3 is 0 Å². The molecule has 0 unspecified atom stereocenters. The molecule has 0 saturated heterocycles. The molecule has 1 amide bonds. The van der Waals surface area contributed by atoms with Crippen LogP contribution in [0.1, 0.15) is 47.9 Å². The van der Waals surface area contributed by atoms with Crippen LogP contribution in [0.15, 0.2) is 65.5 Å². The minimum atomic E-state index is -0.230.